The van der Waals surface area contributed by atoms with E-state index in [4.69, 9.17) is 5.11 Å². The van der Waals surface area contributed by atoms with Gasteiger partial charge in [-0.25, -0.2) is 0 Å². The molecule has 1 aromatic rings. The van der Waals surface area contributed by atoms with Gasteiger partial charge in [-0.05, 0) is 49.9 Å². The number of aryl methyl sites for hydroxylation is 2. The zero-order chi connectivity index (χ0) is 15.4. The molecule has 1 saturated heterocycles. The number of carbonyl (C=O) groups is 2. The third-order valence-electron chi connectivity index (χ3n) is 3.96. The molecule has 1 aromatic carbocycles. The average Bonchev–Trinajstić information content (AvgIpc) is 2.84. The summed E-state index contributed by atoms with van der Waals surface area (Å²) in [4.78, 5) is 26.1. The fraction of sp³-hybridized carbons (Fsp3) is 0.500. The van der Waals surface area contributed by atoms with Crippen LogP contribution in [0.3, 0.4) is 0 Å². The van der Waals surface area contributed by atoms with Crippen LogP contribution in [0.25, 0.3) is 0 Å². The lowest BCUT2D eigenvalue weighted by Gasteiger charge is -2.18. The van der Waals surface area contributed by atoms with Crippen LogP contribution in [0.5, 0.6) is 0 Å². The molecule has 21 heavy (non-hydrogen) atoms. The van der Waals surface area contributed by atoms with Crippen molar-refractivity contribution >= 4 is 17.5 Å². The first-order chi connectivity index (χ1) is 10.0. The lowest BCUT2D eigenvalue weighted by atomic mass is 10.1. The summed E-state index contributed by atoms with van der Waals surface area (Å²) in [6, 6.07) is 5.90. The highest BCUT2D eigenvalue weighted by atomic mass is 16.3. The Morgan fingerprint density at radius 1 is 1.38 bits per heavy atom. The van der Waals surface area contributed by atoms with Crippen LogP contribution in [0, 0.1) is 19.8 Å². The van der Waals surface area contributed by atoms with Crippen molar-refractivity contribution in [1.29, 1.82) is 0 Å². The largest absolute Gasteiger partial charge is 0.396 e. The number of hydrogen-bond donors (Lipinski definition) is 2. The number of aliphatic hydroxyl groups excluding tert-OH is 1. The minimum atomic E-state index is -0.606. The first kappa shape index (κ1) is 15.5. The molecule has 2 rings (SSSR count). The van der Waals surface area contributed by atoms with Crippen LogP contribution in [0.15, 0.2) is 18.2 Å². The van der Waals surface area contributed by atoms with Crippen LogP contribution < -0.4 is 10.2 Å². The summed E-state index contributed by atoms with van der Waals surface area (Å²) < 4.78 is 0. The topological polar surface area (TPSA) is 69.6 Å². The maximum absolute atomic E-state index is 12.4. The van der Waals surface area contributed by atoms with Gasteiger partial charge in [-0.2, -0.15) is 0 Å². The van der Waals surface area contributed by atoms with Gasteiger partial charge in [0, 0.05) is 25.4 Å². The van der Waals surface area contributed by atoms with Gasteiger partial charge in [-0.15, -0.1) is 0 Å². The van der Waals surface area contributed by atoms with Gasteiger partial charge in [-0.3, -0.25) is 9.59 Å². The average molecular weight is 290 g/mol. The standard InChI is InChI=1S/C16H22N2O3/c1-11-4-5-13(10-12(11)2)18-8-6-14(16(18)21)15(20)17-7-3-9-19/h4-5,10,14,19H,3,6-9H2,1-2H3,(H,17,20). The van der Waals surface area contributed by atoms with Crippen molar-refractivity contribution in [2.24, 2.45) is 5.92 Å². The predicted octanol–water partition coefficient (Wildman–Crippen LogP) is 1.15. The van der Waals surface area contributed by atoms with Crippen LogP contribution in [0.4, 0.5) is 5.69 Å². The van der Waals surface area contributed by atoms with E-state index in [1.165, 1.54) is 5.56 Å². The van der Waals surface area contributed by atoms with Crippen molar-refractivity contribution in [3.8, 4) is 0 Å². The van der Waals surface area contributed by atoms with E-state index in [0.717, 1.165) is 11.3 Å². The summed E-state index contributed by atoms with van der Waals surface area (Å²) in [5.74, 6) is -0.982. The normalized spacial score (nSPS) is 18.1. The van der Waals surface area contributed by atoms with Gasteiger partial charge in [0.25, 0.3) is 0 Å². The minimum absolute atomic E-state index is 0.0354. The molecule has 0 bridgehead atoms. The quantitative estimate of drug-likeness (QED) is 0.631. The number of carbonyl (C=O) groups excluding carboxylic acids is 2. The molecular weight excluding hydrogens is 268 g/mol. The van der Waals surface area contributed by atoms with Crippen LogP contribution in [0.1, 0.15) is 24.0 Å². The van der Waals surface area contributed by atoms with Crippen molar-refractivity contribution in [2.75, 3.05) is 24.6 Å². The summed E-state index contributed by atoms with van der Waals surface area (Å²) in [6.07, 6.45) is 1.05. The van der Waals surface area contributed by atoms with Crippen LogP contribution in [-0.2, 0) is 9.59 Å². The van der Waals surface area contributed by atoms with Crippen molar-refractivity contribution < 1.29 is 14.7 Å². The molecule has 1 fully saturated rings. The Balaban J connectivity index is 2.03. The van der Waals surface area contributed by atoms with Gasteiger partial charge in [0.2, 0.25) is 11.8 Å². The molecule has 1 atom stereocenters. The second-order valence-electron chi connectivity index (χ2n) is 5.47. The molecule has 1 heterocycles. The van der Waals surface area contributed by atoms with E-state index in [2.05, 4.69) is 5.32 Å². The lowest BCUT2D eigenvalue weighted by Crippen LogP contribution is -2.37. The molecule has 2 amide bonds. The van der Waals surface area contributed by atoms with Gasteiger partial charge in [0.1, 0.15) is 5.92 Å². The predicted molar refractivity (Wildman–Crippen MR) is 81.1 cm³/mol. The first-order valence-electron chi connectivity index (χ1n) is 7.32. The van der Waals surface area contributed by atoms with Crippen molar-refractivity contribution in [2.45, 2.75) is 26.7 Å². The second-order valence-corrected chi connectivity index (χ2v) is 5.47. The molecule has 0 aliphatic carbocycles. The van der Waals surface area contributed by atoms with Gasteiger partial charge in [0.05, 0.1) is 0 Å². The van der Waals surface area contributed by atoms with E-state index >= 15 is 0 Å². The fourth-order valence-electron chi connectivity index (χ4n) is 2.49. The Bertz CT molecular complexity index is 542. The highest BCUT2D eigenvalue weighted by molar-refractivity contribution is 6.09. The Labute approximate surface area is 125 Å². The van der Waals surface area contributed by atoms with Crippen LogP contribution in [-0.4, -0.2) is 36.6 Å². The number of aliphatic hydroxyl groups is 1. The maximum atomic E-state index is 12.4. The summed E-state index contributed by atoms with van der Waals surface area (Å²) in [6.45, 7) is 5.05. The molecule has 0 spiro atoms. The van der Waals surface area contributed by atoms with Crippen molar-refractivity contribution in [3.63, 3.8) is 0 Å². The first-order valence-corrected chi connectivity index (χ1v) is 7.32. The van der Waals surface area contributed by atoms with Crippen LogP contribution in [0.2, 0.25) is 0 Å². The summed E-state index contributed by atoms with van der Waals surface area (Å²) in [7, 11) is 0. The van der Waals surface area contributed by atoms with Crippen molar-refractivity contribution in [1.82, 2.24) is 5.32 Å². The molecule has 0 saturated carbocycles. The van der Waals surface area contributed by atoms with E-state index < -0.39 is 5.92 Å². The zero-order valence-corrected chi connectivity index (χ0v) is 12.6. The summed E-state index contributed by atoms with van der Waals surface area (Å²) >= 11 is 0. The number of hydrogen-bond acceptors (Lipinski definition) is 3. The molecule has 5 heteroatoms. The van der Waals surface area contributed by atoms with E-state index in [1.54, 1.807) is 4.90 Å². The molecule has 0 radical (unpaired) electrons. The Morgan fingerprint density at radius 3 is 2.81 bits per heavy atom. The van der Waals surface area contributed by atoms with Gasteiger partial charge in [-0.1, -0.05) is 6.07 Å². The van der Waals surface area contributed by atoms with Gasteiger partial charge < -0.3 is 15.3 Å². The van der Waals surface area contributed by atoms with E-state index in [-0.39, 0.29) is 18.4 Å². The highest BCUT2D eigenvalue weighted by Crippen LogP contribution is 2.27. The number of nitrogens with zero attached hydrogens (tertiary/aromatic N) is 1. The number of amides is 2. The van der Waals surface area contributed by atoms with Gasteiger partial charge in [0.15, 0.2) is 0 Å². The number of anilines is 1. The Kier molecular flexibility index (Phi) is 4.96. The Hall–Kier alpha value is -1.88. The summed E-state index contributed by atoms with van der Waals surface area (Å²) in [5, 5.41) is 11.4. The van der Waals surface area contributed by atoms with Crippen LogP contribution >= 0.6 is 0 Å². The molecular formula is C16H22N2O3. The molecule has 1 aliphatic heterocycles. The smallest absolute Gasteiger partial charge is 0.239 e. The second kappa shape index (κ2) is 6.72. The third-order valence-corrected chi connectivity index (χ3v) is 3.96. The highest BCUT2D eigenvalue weighted by Gasteiger charge is 2.37. The summed E-state index contributed by atoms with van der Waals surface area (Å²) in [5.41, 5.74) is 3.17. The molecule has 1 aliphatic rings. The molecule has 1 unspecified atom stereocenters. The Morgan fingerprint density at radius 2 is 2.14 bits per heavy atom. The SMILES string of the molecule is Cc1ccc(N2CCC(C(=O)NCCCO)C2=O)cc1C. The third kappa shape index (κ3) is 3.42. The minimum Gasteiger partial charge on any atom is -0.396 e. The number of nitrogens with one attached hydrogen (secondary N) is 1. The molecule has 2 N–H and O–H groups in total. The van der Waals surface area contributed by atoms with E-state index in [1.807, 2.05) is 32.0 Å². The van der Waals surface area contributed by atoms with Gasteiger partial charge >= 0.3 is 0 Å². The molecule has 0 aromatic heterocycles. The number of benzene rings is 1. The lowest BCUT2D eigenvalue weighted by molar-refractivity contribution is -0.132. The zero-order valence-electron chi connectivity index (χ0n) is 12.6. The maximum Gasteiger partial charge on any atom is 0.239 e. The molecule has 114 valence electrons. The van der Waals surface area contributed by atoms with E-state index in [9.17, 15) is 9.59 Å². The van der Waals surface area contributed by atoms with E-state index in [0.29, 0.717) is 25.9 Å². The van der Waals surface area contributed by atoms with Crippen molar-refractivity contribution in [3.05, 3.63) is 29.3 Å². The molecule has 5 nitrogen and oxygen atoms in total. The monoisotopic (exact) mass is 290 g/mol. The fourth-order valence-corrected chi connectivity index (χ4v) is 2.49. The number of rotatable bonds is 5.